The maximum atomic E-state index is 10.9. The van der Waals surface area contributed by atoms with Crippen LogP contribution in [-0.4, -0.2) is 158 Å². The monoisotopic (exact) mass is 530 g/mol. The normalized spacial score (nSPS) is 50.2. The molecule has 15 heteroatoms. The molecule has 0 aromatic rings. The molecule has 3 rings (SSSR count). The van der Waals surface area contributed by atoms with Gasteiger partial charge in [0.25, 0.3) is 0 Å². The first-order valence-corrected chi connectivity index (χ1v) is 11.9. The molecular weight excluding hydrogens is 492 g/mol. The van der Waals surface area contributed by atoms with Crippen molar-refractivity contribution in [3.63, 3.8) is 0 Å². The number of aliphatic hydroxyl groups is 9. The summed E-state index contributed by atoms with van der Waals surface area (Å²) in [5.41, 5.74) is 0. The molecule has 15 atom stereocenters. The van der Waals surface area contributed by atoms with Crippen LogP contribution in [0.15, 0.2) is 0 Å². The van der Waals surface area contributed by atoms with E-state index < -0.39 is 105 Å². The van der Waals surface area contributed by atoms with E-state index in [4.69, 9.17) is 28.4 Å². The highest BCUT2D eigenvalue weighted by molar-refractivity contribution is 4.95. The molecule has 0 amide bonds. The summed E-state index contributed by atoms with van der Waals surface area (Å²) in [4.78, 5) is 0. The fourth-order valence-electron chi connectivity index (χ4n) is 4.25. The van der Waals surface area contributed by atoms with Gasteiger partial charge in [-0.3, -0.25) is 0 Å². The van der Waals surface area contributed by atoms with Crippen molar-refractivity contribution < 1.29 is 74.4 Å². The molecule has 212 valence electrons. The number of aliphatic hydroxyl groups excluding tert-OH is 9. The number of ether oxygens (including phenoxy) is 6. The van der Waals surface area contributed by atoms with Crippen molar-refractivity contribution in [2.75, 3.05) is 19.8 Å². The summed E-state index contributed by atoms with van der Waals surface area (Å²) < 4.78 is 32.9. The highest BCUT2D eigenvalue weighted by Gasteiger charge is 2.51. The largest absolute Gasteiger partial charge is 0.394 e. The van der Waals surface area contributed by atoms with Crippen LogP contribution in [-0.2, 0) is 28.4 Å². The molecule has 15 nitrogen and oxygen atoms in total. The molecule has 0 aromatic heterocycles. The quantitative estimate of drug-likeness (QED) is 0.135. The van der Waals surface area contributed by atoms with E-state index in [9.17, 15) is 46.0 Å². The van der Waals surface area contributed by atoms with Gasteiger partial charge in [-0.1, -0.05) is 6.92 Å². The maximum absolute atomic E-state index is 10.9. The van der Waals surface area contributed by atoms with E-state index in [1.165, 1.54) is 6.92 Å². The number of hydrogen-bond donors (Lipinski definition) is 9. The van der Waals surface area contributed by atoms with E-state index >= 15 is 0 Å². The van der Waals surface area contributed by atoms with Crippen molar-refractivity contribution in [1.82, 2.24) is 0 Å². The molecule has 0 aromatic carbocycles. The van der Waals surface area contributed by atoms with Crippen molar-refractivity contribution in [2.24, 2.45) is 0 Å². The summed E-state index contributed by atoms with van der Waals surface area (Å²) in [7, 11) is 0. The molecule has 9 N–H and O–H groups in total. The van der Waals surface area contributed by atoms with Gasteiger partial charge in [-0.25, -0.2) is 0 Å². The van der Waals surface area contributed by atoms with Gasteiger partial charge >= 0.3 is 0 Å². The lowest BCUT2D eigenvalue weighted by molar-refractivity contribution is -0.365. The molecule has 0 bridgehead atoms. The maximum Gasteiger partial charge on any atom is 0.187 e. The average Bonchev–Trinajstić information content (AvgIpc) is 2.86. The average molecular weight is 531 g/mol. The Bertz CT molecular complexity index is 669. The minimum absolute atomic E-state index is 0.171. The summed E-state index contributed by atoms with van der Waals surface area (Å²) in [5.74, 6) is 0. The molecule has 0 saturated carbocycles. The van der Waals surface area contributed by atoms with Gasteiger partial charge in [0.15, 0.2) is 18.9 Å². The highest BCUT2D eigenvalue weighted by atomic mass is 16.7. The third kappa shape index (κ3) is 6.33. The third-order valence-electron chi connectivity index (χ3n) is 6.50. The van der Waals surface area contributed by atoms with Crippen LogP contribution < -0.4 is 0 Å². The van der Waals surface area contributed by atoms with Crippen LogP contribution in [0.3, 0.4) is 0 Å². The van der Waals surface area contributed by atoms with Gasteiger partial charge in [0.2, 0.25) is 0 Å². The standard InChI is InChI=1S/C21H38O15/c1-3-4-31-20-17(30)18(36-21-16(29)14(27)11(24)8(5-22)34-21)12(25)9(35-20)6-32-19-15(28)13(26)10(23)7(2)33-19/h7-30H,3-6H2,1-2H3/t7-,8+,9+,10+,11+,12+,13-,14-,15-,16-,17-,18-,19+,20-,21+/m0/s1. The zero-order valence-corrected chi connectivity index (χ0v) is 20.0. The van der Waals surface area contributed by atoms with Gasteiger partial charge in [0.05, 0.1) is 19.3 Å². The molecule has 3 aliphatic rings. The first-order valence-electron chi connectivity index (χ1n) is 11.9. The molecule has 0 spiro atoms. The molecule has 3 heterocycles. The van der Waals surface area contributed by atoms with E-state index in [1.807, 2.05) is 6.92 Å². The molecule has 0 radical (unpaired) electrons. The molecule has 36 heavy (non-hydrogen) atoms. The van der Waals surface area contributed by atoms with Gasteiger partial charge in [0.1, 0.15) is 67.1 Å². The van der Waals surface area contributed by atoms with Crippen molar-refractivity contribution in [3.8, 4) is 0 Å². The summed E-state index contributed by atoms with van der Waals surface area (Å²) >= 11 is 0. The predicted octanol–water partition coefficient (Wildman–Crippen LogP) is -5.11. The Morgan fingerprint density at radius 1 is 0.611 bits per heavy atom. The molecule has 0 unspecified atom stereocenters. The van der Waals surface area contributed by atoms with Gasteiger partial charge in [-0.2, -0.15) is 0 Å². The van der Waals surface area contributed by atoms with Gasteiger partial charge < -0.3 is 74.4 Å². The Balaban J connectivity index is 1.72. The van der Waals surface area contributed by atoms with Crippen LogP contribution in [0.1, 0.15) is 20.3 Å². The molecular formula is C21H38O15. The van der Waals surface area contributed by atoms with Crippen LogP contribution >= 0.6 is 0 Å². The van der Waals surface area contributed by atoms with Gasteiger partial charge in [-0.05, 0) is 13.3 Å². The Hall–Kier alpha value is -0.600. The van der Waals surface area contributed by atoms with Crippen molar-refractivity contribution in [1.29, 1.82) is 0 Å². The van der Waals surface area contributed by atoms with E-state index in [-0.39, 0.29) is 6.61 Å². The fourth-order valence-corrected chi connectivity index (χ4v) is 4.25. The van der Waals surface area contributed by atoms with Crippen LogP contribution in [0.2, 0.25) is 0 Å². The first kappa shape index (κ1) is 29.9. The van der Waals surface area contributed by atoms with E-state index in [0.29, 0.717) is 6.42 Å². The molecule has 3 saturated heterocycles. The number of hydrogen-bond acceptors (Lipinski definition) is 15. The van der Waals surface area contributed by atoms with Crippen LogP contribution in [0.25, 0.3) is 0 Å². The lowest BCUT2D eigenvalue weighted by atomic mass is 9.97. The smallest absolute Gasteiger partial charge is 0.187 e. The van der Waals surface area contributed by atoms with Crippen LogP contribution in [0.4, 0.5) is 0 Å². The Labute approximate surface area is 207 Å². The summed E-state index contributed by atoms with van der Waals surface area (Å²) in [6.07, 6.45) is -21.5. The molecule has 0 aliphatic carbocycles. The van der Waals surface area contributed by atoms with Gasteiger partial charge in [-0.15, -0.1) is 0 Å². The highest BCUT2D eigenvalue weighted by Crippen LogP contribution is 2.30. The minimum atomic E-state index is -1.78. The van der Waals surface area contributed by atoms with Crippen LogP contribution in [0, 0.1) is 0 Å². The fraction of sp³-hybridized carbons (Fsp3) is 1.00. The van der Waals surface area contributed by atoms with E-state index in [2.05, 4.69) is 0 Å². The predicted molar refractivity (Wildman–Crippen MR) is 114 cm³/mol. The lowest BCUT2D eigenvalue weighted by Gasteiger charge is -2.46. The Morgan fingerprint density at radius 3 is 1.83 bits per heavy atom. The van der Waals surface area contributed by atoms with E-state index in [0.717, 1.165) is 0 Å². The molecule has 3 fully saturated rings. The van der Waals surface area contributed by atoms with Crippen molar-refractivity contribution in [3.05, 3.63) is 0 Å². The first-order chi connectivity index (χ1) is 17.0. The summed E-state index contributed by atoms with van der Waals surface area (Å²) in [6, 6.07) is 0. The second kappa shape index (κ2) is 13.0. The zero-order chi connectivity index (χ0) is 26.7. The van der Waals surface area contributed by atoms with Gasteiger partial charge in [0, 0.05) is 6.61 Å². The lowest BCUT2D eigenvalue weighted by Crippen LogP contribution is -2.65. The van der Waals surface area contributed by atoms with Crippen molar-refractivity contribution in [2.45, 2.75) is 112 Å². The summed E-state index contributed by atoms with van der Waals surface area (Å²) in [5, 5.41) is 91.3. The topological polar surface area (TPSA) is 237 Å². The minimum Gasteiger partial charge on any atom is -0.394 e. The van der Waals surface area contributed by atoms with Crippen molar-refractivity contribution >= 4 is 0 Å². The SMILES string of the molecule is CCCO[C@H]1O[C@H](CO[C@@H]2O[C@@H](C)[C@@H](O)[C@H](O)[C@@H]2O)[C@@H](O)[C@H](O[C@H]2O[C@H](CO)[C@@H](O)[C@H](O)[C@@H]2O)[C@@H]1O. The Morgan fingerprint density at radius 2 is 1.19 bits per heavy atom. The third-order valence-corrected chi connectivity index (χ3v) is 6.50. The second-order valence-electron chi connectivity index (χ2n) is 9.21. The Kier molecular flexibility index (Phi) is 10.8. The van der Waals surface area contributed by atoms with E-state index in [1.54, 1.807) is 0 Å². The number of rotatable bonds is 9. The zero-order valence-electron chi connectivity index (χ0n) is 20.0. The molecule has 3 aliphatic heterocycles. The second-order valence-corrected chi connectivity index (χ2v) is 9.21. The van der Waals surface area contributed by atoms with Crippen LogP contribution in [0.5, 0.6) is 0 Å². The summed E-state index contributed by atoms with van der Waals surface area (Å²) in [6.45, 7) is 2.31.